The fraction of sp³-hybridized carbons (Fsp3) is 0.632. The lowest BCUT2D eigenvalue weighted by Crippen LogP contribution is -2.52. The maximum absolute atomic E-state index is 12.9. The molecule has 0 spiro atoms. The summed E-state index contributed by atoms with van der Waals surface area (Å²) in [4.78, 5) is 14.4. The second kappa shape index (κ2) is 9.30. The van der Waals surface area contributed by atoms with Crippen LogP contribution in [0.5, 0.6) is 0 Å². The zero-order chi connectivity index (χ0) is 20.3. The molecule has 28 heavy (non-hydrogen) atoms. The summed E-state index contributed by atoms with van der Waals surface area (Å²) in [5, 5.41) is 3.42. The van der Waals surface area contributed by atoms with Crippen LogP contribution in [0.15, 0.2) is 23.1 Å². The number of halogens is 2. The maximum atomic E-state index is 12.9. The molecule has 1 aromatic carbocycles. The number of nitrogens with one attached hydrogen (secondary N) is 1. The number of piperazine rings is 1. The molecule has 2 atom stereocenters. The first-order valence-corrected chi connectivity index (χ1v) is 11.9. The minimum Gasteiger partial charge on any atom is -0.352 e. The van der Waals surface area contributed by atoms with Crippen LogP contribution < -0.4 is 5.32 Å². The Morgan fingerprint density at radius 2 is 1.82 bits per heavy atom. The first-order valence-electron chi connectivity index (χ1n) is 9.75. The summed E-state index contributed by atoms with van der Waals surface area (Å²) in [6.45, 7) is 4.14. The molecule has 1 saturated heterocycles. The standard InChI is InChI=1S/C19H27Cl2N3O3S/c1-14-5-2-3-7-16(14)22-18(25)13-23-9-11-24(12-10-23)28(26,27)17-8-4-6-15(20)19(17)21/h4,6,8,14,16H,2-3,5,7,9-13H2,1H3,(H,22,25)/t14-,16-/m1/s1. The van der Waals surface area contributed by atoms with Gasteiger partial charge in [-0.15, -0.1) is 0 Å². The van der Waals surface area contributed by atoms with Crippen LogP contribution in [0, 0.1) is 5.92 Å². The molecule has 6 nitrogen and oxygen atoms in total. The predicted octanol–water partition coefficient (Wildman–Crippen LogP) is 2.99. The van der Waals surface area contributed by atoms with E-state index in [1.807, 2.05) is 4.90 Å². The zero-order valence-corrected chi connectivity index (χ0v) is 18.4. The summed E-state index contributed by atoms with van der Waals surface area (Å²) in [5.41, 5.74) is 0. The third-order valence-electron chi connectivity index (χ3n) is 5.69. The van der Waals surface area contributed by atoms with Gasteiger partial charge in [0.15, 0.2) is 0 Å². The van der Waals surface area contributed by atoms with Crippen molar-refractivity contribution in [1.82, 2.24) is 14.5 Å². The van der Waals surface area contributed by atoms with E-state index < -0.39 is 10.0 Å². The minimum atomic E-state index is -3.71. The van der Waals surface area contributed by atoms with Gasteiger partial charge in [0.2, 0.25) is 15.9 Å². The zero-order valence-electron chi connectivity index (χ0n) is 16.0. The van der Waals surface area contributed by atoms with Crippen LogP contribution in [0.1, 0.15) is 32.6 Å². The van der Waals surface area contributed by atoms with Crippen molar-refractivity contribution >= 4 is 39.1 Å². The average Bonchev–Trinajstić information content (AvgIpc) is 2.66. The van der Waals surface area contributed by atoms with E-state index >= 15 is 0 Å². The van der Waals surface area contributed by atoms with Gasteiger partial charge in [-0.05, 0) is 30.9 Å². The molecule has 1 aliphatic heterocycles. The molecular formula is C19H27Cl2N3O3S. The Balaban J connectivity index is 1.54. The molecule has 1 saturated carbocycles. The predicted molar refractivity (Wildman–Crippen MR) is 111 cm³/mol. The fourth-order valence-corrected chi connectivity index (χ4v) is 6.09. The Bertz CT molecular complexity index is 811. The average molecular weight is 448 g/mol. The molecule has 1 aliphatic carbocycles. The van der Waals surface area contributed by atoms with Crippen molar-refractivity contribution in [3.8, 4) is 0 Å². The van der Waals surface area contributed by atoms with Gasteiger partial charge in [-0.1, -0.05) is 49.0 Å². The van der Waals surface area contributed by atoms with E-state index in [2.05, 4.69) is 12.2 Å². The van der Waals surface area contributed by atoms with Crippen LogP contribution in [-0.2, 0) is 14.8 Å². The number of benzene rings is 1. The Hall–Kier alpha value is -0.860. The molecule has 2 fully saturated rings. The molecule has 1 N–H and O–H groups in total. The van der Waals surface area contributed by atoms with Crippen LogP contribution >= 0.6 is 23.2 Å². The topological polar surface area (TPSA) is 69.7 Å². The molecule has 0 unspecified atom stereocenters. The lowest BCUT2D eigenvalue weighted by atomic mass is 9.86. The van der Waals surface area contributed by atoms with E-state index in [0.717, 1.165) is 19.3 Å². The highest BCUT2D eigenvalue weighted by Crippen LogP contribution is 2.31. The van der Waals surface area contributed by atoms with Crippen LogP contribution in [0.4, 0.5) is 0 Å². The summed E-state index contributed by atoms with van der Waals surface area (Å²) in [7, 11) is -3.71. The second-order valence-electron chi connectivity index (χ2n) is 7.67. The summed E-state index contributed by atoms with van der Waals surface area (Å²) in [6, 6.07) is 4.86. The number of amides is 1. The molecule has 9 heteroatoms. The van der Waals surface area contributed by atoms with Crippen molar-refractivity contribution in [2.24, 2.45) is 5.92 Å². The summed E-state index contributed by atoms with van der Waals surface area (Å²) in [6.07, 6.45) is 4.60. The first-order chi connectivity index (χ1) is 13.3. The smallest absolute Gasteiger partial charge is 0.244 e. The largest absolute Gasteiger partial charge is 0.352 e. The van der Waals surface area contributed by atoms with Crippen molar-refractivity contribution in [2.45, 2.75) is 43.5 Å². The van der Waals surface area contributed by atoms with E-state index in [-0.39, 0.29) is 26.9 Å². The van der Waals surface area contributed by atoms with Crippen molar-refractivity contribution in [3.63, 3.8) is 0 Å². The fourth-order valence-electron chi connectivity index (χ4n) is 3.94. The van der Waals surface area contributed by atoms with Crippen molar-refractivity contribution < 1.29 is 13.2 Å². The van der Waals surface area contributed by atoms with E-state index in [0.29, 0.717) is 38.6 Å². The molecule has 1 amide bonds. The molecular weight excluding hydrogens is 421 g/mol. The molecule has 3 rings (SSSR count). The van der Waals surface area contributed by atoms with E-state index in [4.69, 9.17) is 23.2 Å². The lowest BCUT2D eigenvalue weighted by Gasteiger charge is -2.35. The molecule has 156 valence electrons. The van der Waals surface area contributed by atoms with E-state index in [1.54, 1.807) is 12.1 Å². The van der Waals surface area contributed by atoms with Crippen molar-refractivity contribution in [2.75, 3.05) is 32.7 Å². The Morgan fingerprint density at radius 1 is 1.14 bits per heavy atom. The summed E-state index contributed by atoms with van der Waals surface area (Å²) >= 11 is 12.1. The number of carbonyl (C=O) groups is 1. The highest BCUT2D eigenvalue weighted by Gasteiger charge is 2.31. The highest BCUT2D eigenvalue weighted by molar-refractivity contribution is 7.89. The van der Waals surface area contributed by atoms with Gasteiger partial charge in [0.1, 0.15) is 4.90 Å². The van der Waals surface area contributed by atoms with Gasteiger partial charge in [0.25, 0.3) is 0 Å². The van der Waals surface area contributed by atoms with Crippen molar-refractivity contribution in [3.05, 3.63) is 28.2 Å². The number of hydrogen-bond donors (Lipinski definition) is 1. The Labute approximate surface area is 177 Å². The van der Waals surface area contributed by atoms with Crippen LogP contribution in [0.25, 0.3) is 0 Å². The highest BCUT2D eigenvalue weighted by atomic mass is 35.5. The third-order valence-corrected chi connectivity index (χ3v) is 8.56. The second-order valence-corrected chi connectivity index (χ2v) is 10.4. The number of carbonyl (C=O) groups excluding carboxylic acids is 1. The van der Waals surface area contributed by atoms with Crippen molar-refractivity contribution in [1.29, 1.82) is 0 Å². The number of rotatable bonds is 5. The van der Waals surface area contributed by atoms with E-state index in [9.17, 15) is 13.2 Å². The number of nitrogens with zero attached hydrogens (tertiary/aromatic N) is 2. The maximum Gasteiger partial charge on any atom is 0.244 e. The monoisotopic (exact) mass is 447 g/mol. The Morgan fingerprint density at radius 3 is 2.50 bits per heavy atom. The van der Waals surface area contributed by atoms with Gasteiger partial charge in [-0.25, -0.2) is 8.42 Å². The van der Waals surface area contributed by atoms with Gasteiger partial charge in [-0.2, -0.15) is 4.31 Å². The minimum absolute atomic E-state index is 0.0212. The lowest BCUT2D eigenvalue weighted by molar-refractivity contribution is -0.123. The van der Waals surface area contributed by atoms with Gasteiger partial charge in [0.05, 0.1) is 16.6 Å². The molecule has 1 aromatic rings. The summed E-state index contributed by atoms with van der Waals surface area (Å²) < 4.78 is 27.2. The molecule has 0 radical (unpaired) electrons. The van der Waals surface area contributed by atoms with Crippen LogP contribution in [-0.4, -0.2) is 62.3 Å². The molecule has 1 heterocycles. The summed E-state index contributed by atoms with van der Waals surface area (Å²) in [5.74, 6) is 0.537. The van der Waals surface area contributed by atoms with Gasteiger partial charge < -0.3 is 5.32 Å². The SMILES string of the molecule is C[C@@H]1CCCC[C@H]1NC(=O)CN1CCN(S(=O)(=O)c2cccc(Cl)c2Cl)CC1. The van der Waals surface area contributed by atoms with Gasteiger partial charge >= 0.3 is 0 Å². The Kier molecular flexibility index (Phi) is 7.26. The van der Waals surface area contributed by atoms with Gasteiger partial charge in [0, 0.05) is 32.2 Å². The first kappa shape index (κ1) is 21.8. The van der Waals surface area contributed by atoms with Crippen LogP contribution in [0.2, 0.25) is 10.0 Å². The quantitative estimate of drug-likeness (QED) is 0.752. The third kappa shape index (κ3) is 5.00. The van der Waals surface area contributed by atoms with Crippen LogP contribution in [0.3, 0.4) is 0 Å². The molecule has 0 bridgehead atoms. The number of sulfonamides is 1. The number of hydrogen-bond acceptors (Lipinski definition) is 4. The molecule has 0 aromatic heterocycles. The van der Waals surface area contributed by atoms with E-state index in [1.165, 1.54) is 16.8 Å². The normalized spacial score (nSPS) is 24.8. The van der Waals surface area contributed by atoms with Gasteiger partial charge in [-0.3, -0.25) is 9.69 Å². The molecule has 2 aliphatic rings.